The van der Waals surface area contributed by atoms with Gasteiger partial charge in [0.1, 0.15) is 0 Å². The average molecular weight is 295 g/mol. The van der Waals surface area contributed by atoms with Crippen molar-refractivity contribution in [1.82, 2.24) is 15.2 Å². The van der Waals surface area contributed by atoms with Crippen molar-refractivity contribution in [2.75, 3.05) is 19.6 Å². The van der Waals surface area contributed by atoms with Gasteiger partial charge in [-0.2, -0.15) is 0 Å². The van der Waals surface area contributed by atoms with E-state index in [1.54, 1.807) is 0 Å². The van der Waals surface area contributed by atoms with Gasteiger partial charge < -0.3 is 15.2 Å². The molecule has 3 aliphatic heterocycles. The minimum atomic E-state index is 0.137. The molecule has 3 aliphatic rings. The molecular weight excluding hydrogens is 274 g/mol. The highest BCUT2D eigenvalue weighted by Crippen LogP contribution is 2.55. The monoisotopic (exact) mass is 295 g/mol. The first-order chi connectivity index (χ1) is 10.8. The topological polar surface area (TPSA) is 48.1 Å². The number of hydrogen-bond donors (Lipinski definition) is 2. The second kappa shape index (κ2) is 4.35. The van der Waals surface area contributed by atoms with Gasteiger partial charge in [0.2, 0.25) is 5.91 Å². The van der Waals surface area contributed by atoms with E-state index in [1.807, 2.05) is 0 Å². The number of amides is 1. The number of fused-ring (bicyclic) bond motifs is 6. The SMILES string of the molecule is O=C1CC2(CCNCC2)C2c3[nH]c4ccccc4c3CCN12. The molecule has 4 heterocycles. The van der Waals surface area contributed by atoms with Crippen LogP contribution in [0.4, 0.5) is 0 Å². The van der Waals surface area contributed by atoms with E-state index in [0.717, 1.165) is 45.3 Å². The van der Waals surface area contributed by atoms with E-state index in [1.165, 1.54) is 22.2 Å². The van der Waals surface area contributed by atoms with Crippen molar-refractivity contribution in [2.24, 2.45) is 5.41 Å². The molecule has 0 radical (unpaired) electrons. The number of benzene rings is 1. The fourth-order valence-corrected chi connectivity index (χ4v) is 5.02. The number of nitrogens with zero attached hydrogens (tertiary/aromatic N) is 1. The van der Waals surface area contributed by atoms with E-state index < -0.39 is 0 Å². The van der Waals surface area contributed by atoms with E-state index >= 15 is 0 Å². The molecule has 1 spiro atoms. The number of aromatic amines is 1. The summed E-state index contributed by atoms with van der Waals surface area (Å²) in [5.41, 5.74) is 4.13. The van der Waals surface area contributed by atoms with Crippen molar-refractivity contribution in [3.8, 4) is 0 Å². The third-order valence-electron chi connectivity index (χ3n) is 6.04. The van der Waals surface area contributed by atoms with Crippen LogP contribution in [0.15, 0.2) is 24.3 Å². The maximum Gasteiger partial charge on any atom is 0.223 e. The molecule has 1 aromatic heterocycles. The zero-order chi connectivity index (χ0) is 14.7. The number of para-hydroxylation sites is 1. The molecule has 0 saturated carbocycles. The molecule has 4 nitrogen and oxygen atoms in total. The van der Waals surface area contributed by atoms with Gasteiger partial charge in [-0.15, -0.1) is 0 Å². The van der Waals surface area contributed by atoms with E-state index in [2.05, 4.69) is 39.5 Å². The fourth-order valence-electron chi connectivity index (χ4n) is 5.02. The second-order valence-corrected chi connectivity index (χ2v) is 7.09. The number of nitrogens with one attached hydrogen (secondary N) is 2. The number of hydrogen-bond acceptors (Lipinski definition) is 2. The lowest BCUT2D eigenvalue weighted by atomic mass is 9.70. The Bertz CT molecular complexity index is 757. The fraction of sp³-hybridized carbons (Fsp3) is 0.500. The molecular formula is C18H21N3O. The van der Waals surface area contributed by atoms with Crippen LogP contribution in [-0.4, -0.2) is 35.4 Å². The van der Waals surface area contributed by atoms with Gasteiger partial charge in [0.05, 0.1) is 6.04 Å². The quantitative estimate of drug-likeness (QED) is 0.784. The Morgan fingerprint density at radius 3 is 2.86 bits per heavy atom. The minimum absolute atomic E-state index is 0.137. The third-order valence-corrected chi connectivity index (χ3v) is 6.04. The van der Waals surface area contributed by atoms with Gasteiger partial charge in [-0.3, -0.25) is 4.79 Å². The Balaban J connectivity index is 1.71. The average Bonchev–Trinajstić information content (AvgIpc) is 3.04. The number of rotatable bonds is 0. The largest absolute Gasteiger partial charge is 0.356 e. The Kier molecular flexibility index (Phi) is 2.51. The second-order valence-electron chi connectivity index (χ2n) is 7.09. The Morgan fingerprint density at radius 2 is 2.00 bits per heavy atom. The standard InChI is InChI=1S/C18H21N3O/c22-15-11-18(6-8-19-9-7-18)17-16-13(5-10-21(15)17)12-3-1-2-4-14(12)20-16/h1-4,17,19-20H,5-11H2. The van der Waals surface area contributed by atoms with Gasteiger partial charge in [-0.1, -0.05) is 18.2 Å². The van der Waals surface area contributed by atoms with Crippen LogP contribution >= 0.6 is 0 Å². The van der Waals surface area contributed by atoms with Crippen LogP contribution < -0.4 is 5.32 Å². The van der Waals surface area contributed by atoms with E-state index in [9.17, 15) is 4.79 Å². The number of H-pyrrole nitrogens is 1. The first-order valence-corrected chi connectivity index (χ1v) is 8.38. The third kappa shape index (κ3) is 1.53. The summed E-state index contributed by atoms with van der Waals surface area (Å²) in [6, 6.07) is 8.83. The van der Waals surface area contributed by atoms with Crippen LogP contribution in [-0.2, 0) is 11.2 Å². The maximum atomic E-state index is 12.6. The molecule has 22 heavy (non-hydrogen) atoms. The van der Waals surface area contributed by atoms with Crippen LogP contribution in [0, 0.1) is 5.41 Å². The van der Waals surface area contributed by atoms with E-state index in [0.29, 0.717) is 5.91 Å². The summed E-state index contributed by atoms with van der Waals surface area (Å²) < 4.78 is 0. The number of carbonyl (C=O) groups is 1. The predicted molar refractivity (Wildman–Crippen MR) is 85.6 cm³/mol. The molecule has 114 valence electrons. The van der Waals surface area contributed by atoms with Crippen LogP contribution in [0.2, 0.25) is 0 Å². The Morgan fingerprint density at radius 1 is 1.18 bits per heavy atom. The first-order valence-electron chi connectivity index (χ1n) is 8.38. The number of aromatic nitrogens is 1. The van der Waals surface area contributed by atoms with Gasteiger partial charge in [-0.05, 0) is 44.0 Å². The molecule has 4 heteroatoms. The molecule has 1 aromatic carbocycles. The summed E-state index contributed by atoms with van der Waals surface area (Å²) in [5.74, 6) is 0.358. The van der Waals surface area contributed by atoms with Crippen molar-refractivity contribution < 1.29 is 4.79 Å². The van der Waals surface area contributed by atoms with Gasteiger partial charge >= 0.3 is 0 Å². The van der Waals surface area contributed by atoms with Crippen LogP contribution in [0.25, 0.3) is 10.9 Å². The lowest BCUT2D eigenvalue weighted by Gasteiger charge is -2.42. The molecule has 0 bridgehead atoms. The minimum Gasteiger partial charge on any atom is -0.356 e. The summed E-state index contributed by atoms with van der Waals surface area (Å²) in [4.78, 5) is 18.4. The van der Waals surface area contributed by atoms with Crippen molar-refractivity contribution in [3.63, 3.8) is 0 Å². The summed E-state index contributed by atoms with van der Waals surface area (Å²) in [6.07, 6.45) is 3.92. The summed E-state index contributed by atoms with van der Waals surface area (Å²) in [6.45, 7) is 2.95. The number of carbonyl (C=O) groups excluding carboxylic acids is 1. The van der Waals surface area contributed by atoms with Gasteiger partial charge in [0, 0.05) is 35.0 Å². The smallest absolute Gasteiger partial charge is 0.223 e. The van der Waals surface area contributed by atoms with Crippen LogP contribution in [0.5, 0.6) is 0 Å². The highest BCUT2D eigenvalue weighted by Gasteiger charge is 2.54. The van der Waals surface area contributed by atoms with Crippen molar-refractivity contribution in [3.05, 3.63) is 35.5 Å². The molecule has 2 fully saturated rings. The van der Waals surface area contributed by atoms with Crippen LogP contribution in [0.3, 0.4) is 0 Å². The zero-order valence-electron chi connectivity index (χ0n) is 12.7. The Labute approximate surface area is 129 Å². The summed E-state index contributed by atoms with van der Waals surface area (Å²) in [7, 11) is 0. The predicted octanol–water partition coefficient (Wildman–Crippen LogP) is 2.37. The molecule has 1 atom stereocenters. The van der Waals surface area contributed by atoms with Gasteiger partial charge in [0.15, 0.2) is 0 Å². The lowest BCUT2D eigenvalue weighted by molar-refractivity contribution is -0.129. The molecule has 0 aliphatic carbocycles. The van der Waals surface area contributed by atoms with Crippen molar-refractivity contribution in [2.45, 2.75) is 31.7 Å². The highest BCUT2D eigenvalue weighted by molar-refractivity contribution is 5.87. The highest BCUT2D eigenvalue weighted by atomic mass is 16.2. The molecule has 1 unspecified atom stereocenters. The normalized spacial score (nSPS) is 26.5. The van der Waals surface area contributed by atoms with E-state index in [-0.39, 0.29) is 11.5 Å². The van der Waals surface area contributed by atoms with Gasteiger partial charge in [-0.25, -0.2) is 0 Å². The maximum absolute atomic E-state index is 12.6. The van der Waals surface area contributed by atoms with Crippen LogP contribution in [0.1, 0.15) is 36.6 Å². The number of piperidine rings is 1. The molecule has 5 rings (SSSR count). The molecule has 2 N–H and O–H groups in total. The molecule has 2 aromatic rings. The van der Waals surface area contributed by atoms with Crippen molar-refractivity contribution in [1.29, 1.82) is 0 Å². The lowest BCUT2D eigenvalue weighted by Crippen LogP contribution is -2.43. The summed E-state index contributed by atoms with van der Waals surface area (Å²) in [5, 5.41) is 4.80. The molecule has 2 saturated heterocycles. The Hall–Kier alpha value is -1.81. The summed E-state index contributed by atoms with van der Waals surface area (Å²) >= 11 is 0. The molecule has 1 amide bonds. The zero-order valence-corrected chi connectivity index (χ0v) is 12.7. The van der Waals surface area contributed by atoms with Crippen molar-refractivity contribution >= 4 is 16.8 Å². The first kappa shape index (κ1) is 12.7. The van der Waals surface area contributed by atoms with E-state index in [4.69, 9.17) is 0 Å². The van der Waals surface area contributed by atoms with Gasteiger partial charge in [0.25, 0.3) is 0 Å².